The molecular formula is C13H17ClO6S. The van der Waals surface area contributed by atoms with Crippen molar-refractivity contribution >= 4 is 27.4 Å². The zero-order chi connectivity index (χ0) is 16.2. The van der Waals surface area contributed by atoms with Gasteiger partial charge in [0.1, 0.15) is 10.5 Å². The Labute approximate surface area is 128 Å². The summed E-state index contributed by atoms with van der Waals surface area (Å²) < 4.78 is 34.8. The topological polar surface area (TPSA) is 89.9 Å². The summed E-state index contributed by atoms with van der Waals surface area (Å²) in [6, 6.07) is 2.32. The van der Waals surface area contributed by atoms with Crippen LogP contribution in [0, 0.1) is 0 Å². The first kappa shape index (κ1) is 17.7. The molecule has 0 aliphatic heterocycles. The molecule has 0 aromatic heterocycles. The Morgan fingerprint density at radius 2 is 2.00 bits per heavy atom. The van der Waals surface area contributed by atoms with Crippen LogP contribution in [-0.2, 0) is 14.6 Å². The van der Waals surface area contributed by atoms with Crippen LogP contribution in [0.5, 0.6) is 5.75 Å². The molecule has 0 spiro atoms. The lowest BCUT2D eigenvalue weighted by Crippen LogP contribution is -2.17. The van der Waals surface area contributed by atoms with Crippen LogP contribution in [0.2, 0.25) is 5.02 Å². The van der Waals surface area contributed by atoms with Gasteiger partial charge in [-0.3, -0.25) is 0 Å². The van der Waals surface area contributed by atoms with Gasteiger partial charge in [-0.05, 0) is 26.0 Å². The summed E-state index contributed by atoms with van der Waals surface area (Å²) >= 11 is 5.80. The van der Waals surface area contributed by atoms with E-state index in [2.05, 4.69) is 0 Å². The Hall–Kier alpha value is -1.31. The summed E-state index contributed by atoms with van der Waals surface area (Å²) in [6.07, 6.45) is -0.101. The maximum atomic E-state index is 12.3. The van der Waals surface area contributed by atoms with Gasteiger partial charge in [-0.2, -0.15) is 0 Å². The van der Waals surface area contributed by atoms with Crippen LogP contribution in [0.3, 0.4) is 0 Å². The maximum Gasteiger partial charge on any atom is 0.339 e. The van der Waals surface area contributed by atoms with E-state index in [4.69, 9.17) is 26.2 Å². The number of hydrogen-bond acceptors (Lipinski definition) is 5. The lowest BCUT2D eigenvalue weighted by Gasteiger charge is -2.13. The van der Waals surface area contributed by atoms with Crippen molar-refractivity contribution in [3.63, 3.8) is 0 Å². The number of ether oxygens (including phenoxy) is 2. The van der Waals surface area contributed by atoms with E-state index in [-0.39, 0.29) is 39.7 Å². The minimum absolute atomic E-state index is 0.00191. The molecule has 1 aromatic carbocycles. The number of aromatic carboxylic acids is 1. The van der Waals surface area contributed by atoms with Gasteiger partial charge in [-0.25, -0.2) is 13.2 Å². The zero-order valence-corrected chi connectivity index (χ0v) is 13.5. The van der Waals surface area contributed by atoms with Gasteiger partial charge in [0, 0.05) is 5.02 Å². The summed E-state index contributed by atoms with van der Waals surface area (Å²) in [5.41, 5.74) is -0.298. The molecule has 0 bridgehead atoms. The van der Waals surface area contributed by atoms with Crippen LogP contribution >= 0.6 is 11.6 Å². The van der Waals surface area contributed by atoms with Gasteiger partial charge in [0.25, 0.3) is 0 Å². The molecule has 0 radical (unpaired) electrons. The fraction of sp³-hybridized carbons (Fsp3) is 0.462. The van der Waals surface area contributed by atoms with Crippen LogP contribution in [0.1, 0.15) is 24.2 Å². The first-order valence-corrected chi connectivity index (χ1v) is 8.17. The SMILES string of the molecule is COc1c(C(=O)O)cc(Cl)cc1S(=O)(=O)CCOC(C)C. The van der Waals surface area contributed by atoms with Crippen molar-refractivity contribution in [1.82, 2.24) is 0 Å². The molecule has 8 heteroatoms. The van der Waals surface area contributed by atoms with Crippen molar-refractivity contribution in [3.8, 4) is 5.75 Å². The van der Waals surface area contributed by atoms with E-state index in [0.717, 1.165) is 6.07 Å². The highest BCUT2D eigenvalue weighted by molar-refractivity contribution is 7.91. The molecule has 0 heterocycles. The van der Waals surface area contributed by atoms with Crippen LogP contribution in [0.25, 0.3) is 0 Å². The second kappa shape index (κ2) is 7.11. The van der Waals surface area contributed by atoms with Crippen LogP contribution in [0.15, 0.2) is 17.0 Å². The third-order valence-electron chi connectivity index (χ3n) is 2.59. The highest BCUT2D eigenvalue weighted by atomic mass is 35.5. The number of benzene rings is 1. The largest absolute Gasteiger partial charge is 0.494 e. The predicted octanol–water partition coefficient (Wildman–Crippen LogP) is 2.25. The number of carbonyl (C=O) groups is 1. The van der Waals surface area contributed by atoms with E-state index < -0.39 is 15.8 Å². The van der Waals surface area contributed by atoms with Gasteiger partial charge in [-0.15, -0.1) is 0 Å². The molecule has 0 atom stereocenters. The standard InChI is InChI=1S/C13H17ClO6S/c1-8(2)20-4-5-21(17,18)11-7-9(14)6-10(13(15)16)12(11)19-3/h6-8H,4-5H2,1-3H3,(H,15,16). The Morgan fingerprint density at radius 3 is 2.48 bits per heavy atom. The van der Waals surface area contributed by atoms with Crippen molar-refractivity contribution in [1.29, 1.82) is 0 Å². The summed E-state index contributed by atoms with van der Waals surface area (Å²) in [6.45, 7) is 3.57. The lowest BCUT2D eigenvalue weighted by atomic mass is 10.2. The third kappa shape index (κ3) is 4.59. The van der Waals surface area contributed by atoms with Crippen molar-refractivity contribution in [2.75, 3.05) is 19.5 Å². The molecule has 1 rings (SSSR count). The molecular weight excluding hydrogens is 320 g/mol. The quantitative estimate of drug-likeness (QED) is 0.821. The van der Waals surface area contributed by atoms with Gasteiger partial charge in [-0.1, -0.05) is 11.6 Å². The summed E-state index contributed by atoms with van der Waals surface area (Å²) in [5.74, 6) is -1.83. The highest BCUT2D eigenvalue weighted by Gasteiger charge is 2.25. The predicted molar refractivity (Wildman–Crippen MR) is 78.1 cm³/mol. The average Bonchev–Trinajstić information content (AvgIpc) is 2.36. The van der Waals surface area contributed by atoms with E-state index in [1.54, 1.807) is 13.8 Å². The molecule has 118 valence electrons. The number of sulfone groups is 1. The van der Waals surface area contributed by atoms with Crippen molar-refractivity contribution in [2.24, 2.45) is 0 Å². The minimum atomic E-state index is -3.77. The summed E-state index contributed by atoms with van der Waals surface area (Å²) in [4.78, 5) is 10.9. The highest BCUT2D eigenvalue weighted by Crippen LogP contribution is 2.32. The molecule has 0 unspecified atom stereocenters. The second-order valence-electron chi connectivity index (χ2n) is 4.53. The van der Waals surface area contributed by atoms with Crippen molar-refractivity contribution < 1.29 is 27.8 Å². The van der Waals surface area contributed by atoms with E-state index in [0.29, 0.717) is 0 Å². The number of carboxylic acids is 1. The monoisotopic (exact) mass is 336 g/mol. The normalized spacial score (nSPS) is 11.7. The Bertz CT molecular complexity index is 624. The van der Waals surface area contributed by atoms with Gasteiger partial charge in [0.2, 0.25) is 0 Å². The van der Waals surface area contributed by atoms with Crippen molar-refractivity contribution in [3.05, 3.63) is 22.7 Å². The molecule has 0 amide bonds. The number of hydrogen-bond donors (Lipinski definition) is 1. The van der Waals surface area contributed by atoms with E-state index in [1.165, 1.54) is 13.2 Å². The fourth-order valence-corrected chi connectivity index (χ4v) is 3.27. The molecule has 0 saturated carbocycles. The van der Waals surface area contributed by atoms with E-state index >= 15 is 0 Å². The smallest absolute Gasteiger partial charge is 0.339 e. The number of methoxy groups -OCH3 is 1. The molecule has 21 heavy (non-hydrogen) atoms. The maximum absolute atomic E-state index is 12.3. The van der Waals surface area contributed by atoms with Gasteiger partial charge < -0.3 is 14.6 Å². The van der Waals surface area contributed by atoms with Crippen LogP contribution in [-0.4, -0.2) is 45.1 Å². The number of halogens is 1. The van der Waals surface area contributed by atoms with Crippen LogP contribution in [0.4, 0.5) is 0 Å². The number of rotatable bonds is 7. The summed E-state index contributed by atoms with van der Waals surface area (Å²) in [7, 11) is -2.57. The fourth-order valence-electron chi connectivity index (χ4n) is 1.67. The van der Waals surface area contributed by atoms with Gasteiger partial charge in [0.05, 0.1) is 25.6 Å². The molecule has 1 N–H and O–H groups in total. The molecule has 1 aromatic rings. The third-order valence-corrected chi connectivity index (χ3v) is 4.49. The molecule has 6 nitrogen and oxygen atoms in total. The molecule has 0 aliphatic carbocycles. The average molecular weight is 337 g/mol. The van der Waals surface area contributed by atoms with Crippen molar-refractivity contribution in [2.45, 2.75) is 24.8 Å². The Balaban J connectivity index is 3.25. The first-order valence-electron chi connectivity index (χ1n) is 6.14. The number of carboxylic acid groups (broad SMARTS) is 1. The van der Waals surface area contributed by atoms with Crippen LogP contribution < -0.4 is 4.74 Å². The Morgan fingerprint density at radius 1 is 1.38 bits per heavy atom. The second-order valence-corrected chi connectivity index (χ2v) is 7.04. The zero-order valence-electron chi connectivity index (χ0n) is 11.9. The lowest BCUT2D eigenvalue weighted by molar-refractivity contribution is 0.0692. The Kier molecular flexibility index (Phi) is 6.00. The first-order chi connectivity index (χ1) is 9.69. The molecule has 0 fully saturated rings. The van der Waals surface area contributed by atoms with E-state index in [1.807, 2.05) is 0 Å². The summed E-state index contributed by atoms with van der Waals surface area (Å²) in [5, 5.41) is 9.11. The molecule has 0 aliphatic rings. The van der Waals surface area contributed by atoms with Gasteiger partial charge in [0.15, 0.2) is 15.6 Å². The van der Waals surface area contributed by atoms with Gasteiger partial charge >= 0.3 is 5.97 Å². The minimum Gasteiger partial charge on any atom is -0.494 e. The van der Waals surface area contributed by atoms with E-state index in [9.17, 15) is 13.2 Å². The molecule has 0 saturated heterocycles.